The first kappa shape index (κ1) is 23.4. The van der Waals surface area contributed by atoms with Gasteiger partial charge in [-0.25, -0.2) is 12.8 Å². The number of carbonyl (C=O) groups excluding carboxylic acids is 1. The number of rotatable bonds is 9. The summed E-state index contributed by atoms with van der Waals surface area (Å²) < 4.78 is 38.7. The van der Waals surface area contributed by atoms with Gasteiger partial charge < -0.3 is 4.90 Å². The van der Waals surface area contributed by atoms with Crippen molar-refractivity contribution in [3.8, 4) is 11.3 Å². The Morgan fingerprint density at radius 3 is 2.81 bits per heavy atom. The van der Waals surface area contributed by atoms with E-state index in [-0.39, 0.29) is 11.7 Å². The monoisotopic (exact) mass is 450 g/mol. The number of aryl methyl sites for hydroxylation is 1. The first-order chi connectivity index (χ1) is 14.8. The van der Waals surface area contributed by atoms with E-state index in [9.17, 15) is 17.6 Å². The molecule has 7 nitrogen and oxygen atoms in total. The average Bonchev–Trinajstić information content (AvgIpc) is 3.21. The van der Waals surface area contributed by atoms with Crippen LogP contribution < -0.4 is 0 Å². The summed E-state index contributed by atoms with van der Waals surface area (Å²) in [7, 11) is -1.63. The standard InChI is InChI=1S/C22H31FN4O3S/c1-26(22(28)21-12-5-7-14-27(21)31(2,29)30)13-6-3-4-11-19-16-20(25-24-19)17-9-8-10-18(23)15-17/h8-10,15-16,21H,3-7,11-14H2,1-2H3,(H,24,25). The van der Waals surface area contributed by atoms with Gasteiger partial charge in [0.05, 0.1) is 11.9 Å². The van der Waals surface area contributed by atoms with E-state index >= 15 is 0 Å². The van der Waals surface area contributed by atoms with Gasteiger partial charge in [-0.1, -0.05) is 25.0 Å². The second kappa shape index (κ2) is 10.4. The molecule has 31 heavy (non-hydrogen) atoms. The molecule has 0 bridgehead atoms. The number of benzene rings is 1. The first-order valence-corrected chi connectivity index (χ1v) is 12.6. The molecule has 1 aromatic carbocycles. The van der Waals surface area contributed by atoms with E-state index in [0.29, 0.717) is 19.5 Å². The van der Waals surface area contributed by atoms with Crippen molar-refractivity contribution in [3.63, 3.8) is 0 Å². The number of aromatic amines is 1. The quantitative estimate of drug-likeness (QED) is 0.595. The Labute approximate surface area is 183 Å². The second-order valence-electron chi connectivity index (χ2n) is 8.24. The predicted octanol–water partition coefficient (Wildman–Crippen LogP) is 3.20. The van der Waals surface area contributed by atoms with E-state index in [1.54, 1.807) is 18.0 Å². The molecule has 0 spiro atoms. The molecule has 1 fully saturated rings. The molecule has 1 aliphatic rings. The van der Waals surface area contributed by atoms with Crippen LogP contribution in [0.2, 0.25) is 0 Å². The number of halogens is 1. The highest BCUT2D eigenvalue weighted by Crippen LogP contribution is 2.22. The molecule has 1 N–H and O–H groups in total. The van der Waals surface area contributed by atoms with Gasteiger partial charge in [0.25, 0.3) is 0 Å². The van der Waals surface area contributed by atoms with Gasteiger partial charge >= 0.3 is 0 Å². The van der Waals surface area contributed by atoms with Crippen LogP contribution in [0.25, 0.3) is 11.3 Å². The van der Waals surface area contributed by atoms with Crippen molar-refractivity contribution in [2.24, 2.45) is 0 Å². The molecule has 3 rings (SSSR count). The fourth-order valence-electron chi connectivity index (χ4n) is 4.04. The Balaban J connectivity index is 1.42. The first-order valence-electron chi connectivity index (χ1n) is 10.8. The van der Waals surface area contributed by atoms with Crippen LogP contribution in [-0.4, -0.2) is 66.2 Å². The Morgan fingerprint density at radius 1 is 1.26 bits per heavy atom. The van der Waals surface area contributed by atoms with Gasteiger partial charge in [-0.2, -0.15) is 9.40 Å². The Bertz CT molecular complexity index is 992. The lowest BCUT2D eigenvalue weighted by Crippen LogP contribution is -2.52. The van der Waals surface area contributed by atoms with E-state index in [0.717, 1.165) is 55.5 Å². The molecule has 1 aromatic heterocycles. The number of hydrogen-bond donors (Lipinski definition) is 1. The van der Waals surface area contributed by atoms with Crippen LogP contribution in [0.4, 0.5) is 4.39 Å². The highest BCUT2D eigenvalue weighted by Gasteiger charge is 2.35. The van der Waals surface area contributed by atoms with Crippen LogP contribution in [-0.2, 0) is 21.2 Å². The number of sulfonamides is 1. The van der Waals surface area contributed by atoms with Gasteiger partial charge in [-0.15, -0.1) is 0 Å². The summed E-state index contributed by atoms with van der Waals surface area (Å²) in [5.74, 6) is -0.396. The van der Waals surface area contributed by atoms with Crippen molar-refractivity contribution >= 4 is 15.9 Å². The molecule has 0 saturated carbocycles. The number of aromatic nitrogens is 2. The molecule has 1 unspecified atom stereocenters. The average molecular weight is 451 g/mol. The Morgan fingerprint density at radius 2 is 2.06 bits per heavy atom. The number of nitrogens with zero attached hydrogens (tertiary/aromatic N) is 3. The second-order valence-corrected chi connectivity index (χ2v) is 10.2. The summed E-state index contributed by atoms with van der Waals surface area (Å²) >= 11 is 0. The molecule has 2 heterocycles. The van der Waals surface area contributed by atoms with Crippen LogP contribution >= 0.6 is 0 Å². The van der Waals surface area contributed by atoms with Crippen LogP contribution in [0.15, 0.2) is 30.3 Å². The third-order valence-electron chi connectivity index (χ3n) is 5.73. The Hall–Kier alpha value is -2.26. The smallest absolute Gasteiger partial charge is 0.240 e. The number of unbranched alkanes of at least 4 members (excludes halogenated alkanes) is 2. The van der Waals surface area contributed by atoms with Gasteiger partial charge in [0, 0.05) is 31.4 Å². The number of nitrogens with one attached hydrogen (secondary N) is 1. The van der Waals surface area contributed by atoms with Gasteiger partial charge in [0.2, 0.25) is 15.9 Å². The van der Waals surface area contributed by atoms with Crippen molar-refractivity contribution in [1.29, 1.82) is 0 Å². The molecular weight excluding hydrogens is 419 g/mol. The minimum absolute atomic E-state index is 0.113. The zero-order valence-corrected chi connectivity index (χ0v) is 19.0. The maximum absolute atomic E-state index is 13.4. The van der Waals surface area contributed by atoms with Crippen molar-refractivity contribution < 1.29 is 17.6 Å². The zero-order chi connectivity index (χ0) is 22.4. The number of likely N-dealkylation sites (N-methyl/N-ethyl adjacent to an activating group) is 1. The van der Waals surface area contributed by atoms with Crippen LogP contribution in [0.5, 0.6) is 0 Å². The molecule has 1 atom stereocenters. The van der Waals surface area contributed by atoms with E-state index in [2.05, 4.69) is 10.2 Å². The third-order valence-corrected chi connectivity index (χ3v) is 7.02. The number of carbonyl (C=O) groups is 1. The maximum Gasteiger partial charge on any atom is 0.240 e. The summed E-state index contributed by atoms with van der Waals surface area (Å²) in [6.07, 6.45) is 6.98. The van der Waals surface area contributed by atoms with Crippen LogP contribution in [0.1, 0.15) is 44.2 Å². The largest absolute Gasteiger partial charge is 0.344 e. The van der Waals surface area contributed by atoms with Crippen molar-refractivity contribution in [2.75, 3.05) is 26.4 Å². The molecular formula is C22H31FN4O3S. The van der Waals surface area contributed by atoms with E-state index in [1.807, 2.05) is 12.1 Å². The lowest BCUT2D eigenvalue weighted by molar-refractivity contribution is -0.134. The number of piperidine rings is 1. The van der Waals surface area contributed by atoms with Crippen molar-refractivity contribution in [3.05, 3.63) is 41.8 Å². The minimum Gasteiger partial charge on any atom is -0.344 e. The number of hydrogen-bond acceptors (Lipinski definition) is 4. The van der Waals surface area contributed by atoms with Crippen LogP contribution in [0.3, 0.4) is 0 Å². The van der Waals surface area contributed by atoms with Crippen LogP contribution in [0, 0.1) is 5.82 Å². The third kappa shape index (κ3) is 6.36. The molecule has 1 saturated heterocycles. The van der Waals surface area contributed by atoms with E-state index < -0.39 is 16.1 Å². The molecule has 1 aliphatic heterocycles. The summed E-state index contributed by atoms with van der Waals surface area (Å²) in [5, 5.41) is 7.26. The number of H-pyrrole nitrogens is 1. The molecule has 1 amide bonds. The fourth-order valence-corrected chi connectivity index (χ4v) is 5.16. The Kier molecular flexibility index (Phi) is 7.83. The summed E-state index contributed by atoms with van der Waals surface area (Å²) in [4.78, 5) is 14.4. The van der Waals surface area contributed by atoms with E-state index in [4.69, 9.17) is 0 Å². The van der Waals surface area contributed by atoms with Gasteiger partial charge in [-0.05, 0) is 50.3 Å². The lowest BCUT2D eigenvalue weighted by Gasteiger charge is -2.35. The molecule has 0 radical (unpaired) electrons. The molecule has 9 heteroatoms. The minimum atomic E-state index is -3.38. The molecule has 170 valence electrons. The summed E-state index contributed by atoms with van der Waals surface area (Å²) in [6, 6.07) is 7.73. The number of amides is 1. The maximum atomic E-state index is 13.4. The van der Waals surface area contributed by atoms with Gasteiger partial charge in [0.15, 0.2) is 0 Å². The highest BCUT2D eigenvalue weighted by molar-refractivity contribution is 7.88. The normalized spacial score (nSPS) is 17.6. The summed E-state index contributed by atoms with van der Waals surface area (Å²) in [5.41, 5.74) is 2.46. The summed E-state index contributed by atoms with van der Waals surface area (Å²) in [6.45, 7) is 1.02. The van der Waals surface area contributed by atoms with Gasteiger partial charge in [0.1, 0.15) is 11.9 Å². The lowest BCUT2D eigenvalue weighted by atomic mass is 10.0. The predicted molar refractivity (Wildman–Crippen MR) is 118 cm³/mol. The SMILES string of the molecule is CN(CCCCCc1cc(-c2cccc(F)c2)n[nH]1)C(=O)C1CCCCN1S(C)(=O)=O. The fraction of sp³-hybridized carbons (Fsp3) is 0.545. The van der Waals surface area contributed by atoms with Gasteiger partial charge in [-0.3, -0.25) is 9.89 Å². The zero-order valence-electron chi connectivity index (χ0n) is 18.2. The molecule has 2 aromatic rings. The topological polar surface area (TPSA) is 86.4 Å². The molecule has 0 aliphatic carbocycles. The van der Waals surface area contributed by atoms with E-state index in [1.165, 1.54) is 22.7 Å². The highest BCUT2D eigenvalue weighted by atomic mass is 32.2. The van der Waals surface area contributed by atoms with Crippen molar-refractivity contribution in [1.82, 2.24) is 19.4 Å². The van der Waals surface area contributed by atoms with Crippen molar-refractivity contribution in [2.45, 2.75) is 51.0 Å².